The molecule has 0 amide bonds. The van der Waals surface area contributed by atoms with Crippen molar-refractivity contribution in [1.29, 1.82) is 0 Å². The summed E-state index contributed by atoms with van der Waals surface area (Å²) >= 11 is 0. The van der Waals surface area contributed by atoms with Crippen molar-refractivity contribution >= 4 is 5.69 Å². The molecule has 0 saturated heterocycles. The zero-order valence-electron chi connectivity index (χ0n) is 10.1. The van der Waals surface area contributed by atoms with Crippen LogP contribution >= 0.6 is 0 Å². The molecule has 2 rings (SSSR count). The molecule has 0 bridgehead atoms. The molecule has 0 atom stereocenters. The van der Waals surface area contributed by atoms with E-state index in [1.165, 1.54) is 28.8 Å². The van der Waals surface area contributed by atoms with Gasteiger partial charge in [-0.25, -0.2) is 4.39 Å². The smallest absolute Gasteiger partial charge is 0.125 e. The number of nitrogens with one attached hydrogen (secondary N) is 1. The number of anilines is 1. The Balaban J connectivity index is 2.07. The minimum Gasteiger partial charge on any atom is -0.381 e. The van der Waals surface area contributed by atoms with Crippen LogP contribution in [0.1, 0.15) is 16.7 Å². The predicted octanol–water partition coefficient (Wildman–Crippen LogP) is 4.05. The Morgan fingerprint density at radius 3 is 2.35 bits per heavy atom. The van der Waals surface area contributed by atoms with Gasteiger partial charge in [-0.1, -0.05) is 35.4 Å². The second-order valence-electron chi connectivity index (χ2n) is 4.36. The van der Waals surface area contributed by atoms with Crippen LogP contribution in [0, 0.1) is 19.7 Å². The van der Waals surface area contributed by atoms with Crippen LogP contribution in [0.4, 0.5) is 10.1 Å². The van der Waals surface area contributed by atoms with E-state index in [4.69, 9.17) is 0 Å². The molecule has 0 unspecified atom stereocenters. The summed E-state index contributed by atoms with van der Waals surface area (Å²) in [4.78, 5) is 0. The van der Waals surface area contributed by atoms with E-state index in [9.17, 15) is 4.39 Å². The Hall–Kier alpha value is -1.83. The van der Waals surface area contributed by atoms with Gasteiger partial charge in [-0.05, 0) is 37.6 Å². The van der Waals surface area contributed by atoms with E-state index in [1.54, 1.807) is 6.07 Å². The third-order valence-corrected chi connectivity index (χ3v) is 2.60. The molecule has 2 heteroatoms. The van der Waals surface area contributed by atoms with Gasteiger partial charge in [0.15, 0.2) is 0 Å². The summed E-state index contributed by atoms with van der Waals surface area (Å²) in [5.41, 5.74) is 4.53. The van der Waals surface area contributed by atoms with Gasteiger partial charge in [0.2, 0.25) is 0 Å². The molecule has 0 fully saturated rings. The highest BCUT2D eigenvalue weighted by atomic mass is 19.1. The van der Waals surface area contributed by atoms with Gasteiger partial charge in [0.1, 0.15) is 5.82 Å². The molecule has 0 aliphatic heterocycles. The lowest BCUT2D eigenvalue weighted by Crippen LogP contribution is -2.00. The first-order valence-corrected chi connectivity index (χ1v) is 5.70. The molecule has 2 aromatic rings. The minimum absolute atomic E-state index is 0.213. The van der Waals surface area contributed by atoms with Crippen molar-refractivity contribution in [3.63, 3.8) is 0 Å². The van der Waals surface area contributed by atoms with E-state index in [0.717, 1.165) is 5.69 Å². The first kappa shape index (κ1) is 11.6. The van der Waals surface area contributed by atoms with Crippen molar-refractivity contribution in [2.45, 2.75) is 20.4 Å². The normalized spacial score (nSPS) is 10.3. The zero-order valence-corrected chi connectivity index (χ0v) is 10.1. The number of benzene rings is 2. The highest BCUT2D eigenvalue weighted by Gasteiger charge is 1.97. The van der Waals surface area contributed by atoms with Crippen molar-refractivity contribution in [2.75, 3.05) is 5.32 Å². The number of aryl methyl sites for hydroxylation is 2. The van der Waals surface area contributed by atoms with Crippen molar-refractivity contribution in [1.82, 2.24) is 0 Å². The van der Waals surface area contributed by atoms with Gasteiger partial charge < -0.3 is 5.32 Å². The van der Waals surface area contributed by atoms with Gasteiger partial charge in [-0.2, -0.15) is 0 Å². The first-order valence-electron chi connectivity index (χ1n) is 5.70. The fraction of sp³-hybridized carbons (Fsp3) is 0.200. The third kappa shape index (κ3) is 3.31. The van der Waals surface area contributed by atoms with Crippen LogP contribution in [-0.2, 0) is 6.54 Å². The number of halogens is 1. The number of hydrogen-bond acceptors (Lipinski definition) is 1. The van der Waals surface area contributed by atoms with Crippen molar-refractivity contribution in [2.24, 2.45) is 0 Å². The Labute approximate surface area is 101 Å². The van der Waals surface area contributed by atoms with Crippen molar-refractivity contribution in [3.05, 3.63) is 65.0 Å². The molecular formula is C15H16FN. The van der Waals surface area contributed by atoms with Gasteiger partial charge in [0.25, 0.3) is 0 Å². The highest BCUT2D eigenvalue weighted by molar-refractivity contribution is 5.44. The topological polar surface area (TPSA) is 12.0 Å². The molecule has 1 N–H and O–H groups in total. The van der Waals surface area contributed by atoms with Gasteiger partial charge in [0.05, 0.1) is 0 Å². The number of hydrogen-bond donors (Lipinski definition) is 1. The van der Waals surface area contributed by atoms with Gasteiger partial charge >= 0.3 is 0 Å². The first-order chi connectivity index (χ1) is 8.13. The van der Waals surface area contributed by atoms with Crippen LogP contribution in [0.25, 0.3) is 0 Å². The fourth-order valence-corrected chi connectivity index (χ4v) is 1.97. The Kier molecular flexibility index (Phi) is 3.43. The predicted molar refractivity (Wildman–Crippen MR) is 69.6 cm³/mol. The third-order valence-electron chi connectivity index (χ3n) is 2.60. The lowest BCUT2D eigenvalue weighted by Gasteiger charge is -2.08. The van der Waals surface area contributed by atoms with Crippen molar-refractivity contribution < 1.29 is 4.39 Å². The minimum atomic E-state index is -0.213. The summed E-state index contributed by atoms with van der Waals surface area (Å²) in [6.07, 6.45) is 0. The van der Waals surface area contributed by atoms with Crippen LogP contribution in [0.5, 0.6) is 0 Å². The maximum atomic E-state index is 13.0. The van der Waals surface area contributed by atoms with E-state index < -0.39 is 0 Å². The molecule has 0 aliphatic rings. The Morgan fingerprint density at radius 2 is 1.71 bits per heavy atom. The van der Waals surface area contributed by atoms with Crippen LogP contribution in [0.2, 0.25) is 0 Å². The summed E-state index contributed by atoms with van der Waals surface area (Å²) in [5.74, 6) is -0.213. The summed E-state index contributed by atoms with van der Waals surface area (Å²) < 4.78 is 13.0. The maximum absolute atomic E-state index is 13.0. The van der Waals surface area contributed by atoms with Crippen LogP contribution in [-0.4, -0.2) is 0 Å². The van der Waals surface area contributed by atoms with E-state index in [0.29, 0.717) is 6.54 Å². The standard InChI is InChI=1S/C15H16FN/c1-11-6-12(2)8-13(7-11)10-17-15-5-3-4-14(16)9-15/h3-9,17H,10H2,1-2H3. The quantitative estimate of drug-likeness (QED) is 0.837. The molecule has 0 saturated carbocycles. The Bertz CT molecular complexity index is 500. The summed E-state index contributed by atoms with van der Waals surface area (Å²) in [6, 6.07) is 12.9. The molecule has 0 heterocycles. The molecule has 1 nitrogen and oxygen atoms in total. The molecule has 17 heavy (non-hydrogen) atoms. The van der Waals surface area contributed by atoms with E-state index in [-0.39, 0.29) is 5.82 Å². The van der Waals surface area contributed by atoms with Crippen LogP contribution in [0.3, 0.4) is 0 Å². The summed E-state index contributed by atoms with van der Waals surface area (Å²) in [5, 5.41) is 3.22. The zero-order chi connectivity index (χ0) is 12.3. The Morgan fingerprint density at radius 1 is 1.00 bits per heavy atom. The second kappa shape index (κ2) is 5.00. The van der Waals surface area contributed by atoms with Gasteiger partial charge in [-0.15, -0.1) is 0 Å². The van der Waals surface area contributed by atoms with Crippen LogP contribution < -0.4 is 5.32 Å². The maximum Gasteiger partial charge on any atom is 0.125 e. The molecular weight excluding hydrogens is 213 g/mol. The van der Waals surface area contributed by atoms with Crippen LogP contribution in [0.15, 0.2) is 42.5 Å². The van der Waals surface area contributed by atoms with Gasteiger partial charge in [0, 0.05) is 12.2 Å². The molecule has 0 aromatic heterocycles. The van der Waals surface area contributed by atoms with Gasteiger partial charge in [-0.3, -0.25) is 0 Å². The molecule has 88 valence electrons. The molecule has 0 radical (unpaired) electrons. The number of rotatable bonds is 3. The van der Waals surface area contributed by atoms with E-state index >= 15 is 0 Å². The summed E-state index contributed by atoms with van der Waals surface area (Å²) in [7, 11) is 0. The SMILES string of the molecule is Cc1cc(C)cc(CNc2cccc(F)c2)c1. The molecule has 0 aliphatic carbocycles. The lowest BCUT2D eigenvalue weighted by molar-refractivity contribution is 0.628. The largest absolute Gasteiger partial charge is 0.381 e. The van der Waals surface area contributed by atoms with E-state index in [1.807, 2.05) is 6.07 Å². The molecule has 2 aromatic carbocycles. The average Bonchev–Trinajstić information content (AvgIpc) is 2.25. The lowest BCUT2D eigenvalue weighted by atomic mass is 10.1. The fourth-order valence-electron chi connectivity index (χ4n) is 1.97. The van der Waals surface area contributed by atoms with Crippen molar-refractivity contribution in [3.8, 4) is 0 Å². The van der Waals surface area contributed by atoms with E-state index in [2.05, 4.69) is 37.4 Å². The average molecular weight is 229 g/mol. The monoisotopic (exact) mass is 229 g/mol. The highest BCUT2D eigenvalue weighted by Crippen LogP contribution is 2.13. The second-order valence-corrected chi connectivity index (χ2v) is 4.36. The molecule has 0 spiro atoms. The summed E-state index contributed by atoms with van der Waals surface area (Å²) in [6.45, 7) is 4.88.